The molecule has 2 aliphatic carbocycles. The average Bonchev–Trinajstić information content (AvgIpc) is 3.30. The van der Waals surface area contributed by atoms with Gasteiger partial charge in [0, 0.05) is 23.0 Å². The lowest BCUT2D eigenvalue weighted by molar-refractivity contribution is -0.117. The van der Waals surface area contributed by atoms with E-state index in [1.165, 1.54) is 18.4 Å². The number of H-pyrrole nitrogens is 1. The van der Waals surface area contributed by atoms with Gasteiger partial charge in [0.2, 0.25) is 0 Å². The number of fused-ring (bicyclic) bond motifs is 1. The Balaban J connectivity index is 1.45. The van der Waals surface area contributed by atoms with Crippen molar-refractivity contribution in [2.24, 2.45) is 5.92 Å². The van der Waals surface area contributed by atoms with E-state index < -0.39 is 6.10 Å². The van der Waals surface area contributed by atoms with Crippen molar-refractivity contribution in [2.75, 3.05) is 6.61 Å². The molecule has 6 nitrogen and oxygen atoms in total. The second-order valence-electron chi connectivity index (χ2n) is 9.26. The van der Waals surface area contributed by atoms with Crippen LogP contribution in [0, 0.1) is 12.8 Å². The number of aliphatic hydroxyl groups excluding tert-OH is 1. The summed E-state index contributed by atoms with van der Waals surface area (Å²) in [7, 11) is 0. The maximum Gasteiger partial charge on any atom is 0.255 e. The molecule has 0 saturated heterocycles. The van der Waals surface area contributed by atoms with Crippen molar-refractivity contribution in [1.29, 1.82) is 0 Å². The molecule has 1 aromatic heterocycles. The van der Waals surface area contributed by atoms with Crippen molar-refractivity contribution in [1.82, 2.24) is 15.6 Å². The second kappa shape index (κ2) is 8.08. The molecule has 0 radical (unpaired) electrons. The van der Waals surface area contributed by atoms with Gasteiger partial charge in [0.25, 0.3) is 5.91 Å². The Morgan fingerprint density at radius 2 is 2.00 bits per heavy atom. The van der Waals surface area contributed by atoms with E-state index in [0.717, 1.165) is 54.1 Å². The standard InChI is InChI=1S/C25H31N3O3/c1-14-6-9-21(31-13-16-7-8-16)18(12-14)23-17-10-11-26-24(17)22(15(2)27-23)25(30)28-19-4-3-5-20(19)29/h6,9-12,16,19-20,23,26-27,29H,3-5,7-8,13H2,1-2H3,(H,28,30). The van der Waals surface area contributed by atoms with Gasteiger partial charge in [0.1, 0.15) is 5.75 Å². The molecule has 2 saturated carbocycles. The number of carbonyl (C=O) groups is 1. The number of allylic oxidation sites excluding steroid dienone is 1. The quantitative estimate of drug-likeness (QED) is 0.574. The smallest absolute Gasteiger partial charge is 0.255 e. The molecule has 1 amide bonds. The van der Waals surface area contributed by atoms with E-state index in [1.54, 1.807) is 0 Å². The Bertz CT molecular complexity index is 1020. The Kier molecular flexibility index (Phi) is 5.26. The molecule has 4 N–H and O–H groups in total. The van der Waals surface area contributed by atoms with Gasteiger partial charge in [-0.15, -0.1) is 0 Å². The van der Waals surface area contributed by atoms with Gasteiger partial charge in [-0.1, -0.05) is 11.6 Å². The largest absolute Gasteiger partial charge is 0.493 e. The lowest BCUT2D eigenvalue weighted by atomic mass is 9.90. The maximum atomic E-state index is 13.2. The normalized spacial score (nSPS) is 25.2. The fourth-order valence-corrected chi connectivity index (χ4v) is 4.79. The molecule has 3 atom stereocenters. The molecule has 2 aromatic rings. The number of benzene rings is 1. The monoisotopic (exact) mass is 421 g/mol. The number of aliphatic hydroxyl groups is 1. The van der Waals surface area contributed by atoms with Gasteiger partial charge in [-0.25, -0.2) is 0 Å². The summed E-state index contributed by atoms with van der Waals surface area (Å²) in [6.45, 7) is 4.79. The van der Waals surface area contributed by atoms with Gasteiger partial charge in [0.15, 0.2) is 0 Å². The van der Waals surface area contributed by atoms with Gasteiger partial charge in [0.05, 0.1) is 36.1 Å². The zero-order valence-corrected chi connectivity index (χ0v) is 18.2. The number of rotatable bonds is 6. The highest BCUT2D eigenvalue weighted by atomic mass is 16.5. The van der Waals surface area contributed by atoms with Crippen molar-refractivity contribution in [3.63, 3.8) is 0 Å². The molecule has 2 heterocycles. The number of aromatic amines is 1. The molecule has 1 aromatic carbocycles. The Hall–Kier alpha value is -2.73. The van der Waals surface area contributed by atoms with Crippen LogP contribution in [0.2, 0.25) is 0 Å². The van der Waals surface area contributed by atoms with Crippen LogP contribution in [0.4, 0.5) is 0 Å². The Morgan fingerprint density at radius 1 is 1.16 bits per heavy atom. The van der Waals surface area contributed by atoms with Crippen LogP contribution in [-0.4, -0.2) is 34.8 Å². The predicted octanol–water partition coefficient (Wildman–Crippen LogP) is 3.57. The van der Waals surface area contributed by atoms with Crippen molar-refractivity contribution < 1.29 is 14.6 Å². The zero-order chi connectivity index (χ0) is 21.5. The van der Waals surface area contributed by atoms with E-state index in [1.807, 2.05) is 19.2 Å². The van der Waals surface area contributed by atoms with Crippen LogP contribution >= 0.6 is 0 Å². The summed E-state index contributed by atoms with van der Waals surface area (Å²) in [6, 6.07) is 8.07. The van der Waals surface area contributed by atoms with Crippen molar-refractivity contribution in [2.45, 2.75) is 64.1 Å². The SMILES string of the molecule is CC1=C(C(=O)NC2CCCC2O)c2[nH]ccc2C(c2cc(C)ccc2OCC2CC2)N1. The summed E-state index contributed by atoms with van der Waals surface area (Å²) in [5.74, 6) is 1.43. The minimum absolute atomic E-state index is 0.0935. The zero-order valence-electron chi connectivity index (χ0n) is 18.2. The first-order valence-corrected chi connectivity index (χ1v) is 11.4. The van der Waals surface area contributed by atoms with Crippen LogP contribution < -0.4 is 15.4 Å². The molecule has 3 aliphatic rings. The second-order valence-corrected chi connectivity index (χ2v) is 9.26. The number of ether oxygens (including phenoxy) is 1. The molecule has 3 unspecified atom stereocenters. The lowest BCUT2D eigenvalue weighted by Crippen LogP contribution is -2.42. The number of carbonyl (C=O) groups excluding carboxylic acids is 1. The summed E-state index contributed by atoms with van der Waals surface area (Å²) in [5, 5.41) is 16.7. The first-order chi connectivity index (χ1) is 15.0. The van der Waals surface area contributed by atoms with E-state index in [-0.39, 0.29) is 18.0 Å². The van der Waals surface area contributed by atoms with Crippen LogP contribution in [-0.2, 0) is 4.79 Å². The van der Waals surface area contributed by atoms with E-state index in [2.05, 4.69) is 40.7 Å². The number of aromatic nitrogens is 1. The maximum absolute atomic E-state index is 13.2. The third kappa shape index (κ3) is 3.97. The number of aryl methyl sites for hydroxylation is 1. The van der Waals surface area contributed by atoms with Crippen LogP contribution in [0.15, 0.2) is 36.2 Å². The highest BCUT2D eigenvalue weighted by molar-refractivity contribution is 6.20. The fraction of sp³-hybridized carbons (Fsp3) is 0.480. The van der Waals surface area contributed by atoms with E-state index in [0.29, 0.717) is 11.5 Å². The summed E-state index contributed by atoms with van der Waals surface area (Å²) in [6.07, 6.45) is 6.43. The summed E-state index contributed by atoms with van der Waals surface area (Å²) >= 11 is 0. The average molecular weight is 422 g/mol. The Morgan fingerprint density at radius 3 is 2.74 bits per heavy atom. The highest BCUT2D eigenvalue weighted by Gasteiger charge is 2.34. The molecular weight excluding hydrogens is 390 g/mol. The van der Waals surface area contributed by atoms with Gasteiger partial charge in [-0.3, -0.25) is 4.79 Å². The predicted molar refractivity (Wildman–Crippen MR) is 120 cm³/mol. The molecule has 0 bridgehead atoms. The molecule has 1 aliphatic heterocycles. The Labute approximate surface area is 183 Å². The molecule has 31 heavy (non-hydrogen) atoms. The van der Waals surface area contributed by atoms with Gasteiger partial charge >= 0.3 is 0 Å². The molecule has 0 spiro atoms. The van der Waals surface area contributed by atoms with Crippen LogP contribution in [0.1, 0.15) is 67.5 Å². The molecular formula is C25H31N3O3. The third-order valence-electron chi connectivity index (χ3n) is 6.75. The van der Waals surface area contributed by atoms with E-state index >= 15 is 0 Å². The number of amides is 1. The first kappa shape index (κ1) is 20.2. The number of nitrogens with one attached hydrogen (secondary N) is 3. The summed E-state index contributed by atoms with van der Waals surface area (Å²) < 4.78 is 6.20. The van der Waals surface area contributed by atoms with E-state index in [9.17, 15) is 9.90 Å². The van der Waals surface area contributed by atoms with E-state index in [4.69, 9.17) is 4.74 Å². The fourth-order valence-electron chi connectivity index (χ4n) is 4.79. The first-order valence-electron chi connectivity index (χ1n) is 11.4. The summed E-state index contributed by atoms with van der Waals surface area (Å²) in [5.41, 5.74) is 5.56. The van der Waals surface area contributed by atoms with Crippen LogP contribution in [0.5, 0.6) is 5.75 Å². The van der Waals surface area contributed by atoms with Gasteiger partial charge < -0.3 is 25.5 Å². The van der Waals surface area contributed by atoms with Gasteiger partial charge in [-0.05, 0) is 70.1 Å². The van der Waals surface area contributed by atoms with Crippen LogP contribution in [0.25, 0.3) is 5.57 Å². The minimum atomic E-state index is -0.462. The number of hydrogen-bond donors (Lipinski definition) is 4. The number of hydrogen-bond acceptors (Lipinski definition) is 4. The van der Waals surface area contributed by atoms with Crippen LogP contribution in [0.3, 0.4) is 0 Å². The minimum Gasteiger partial charge on any atom is -0.493 e. The van der Waals surface area contributed by atoms with Gasteiger partial charge in [-0.2, -0.15) is 0 Å². The summed E-state index contributed by atoms with van der Waals surface area (Å²) in [4.78, 5) is 16.4. The van der Waals surface area contributed by atoms with Crippen molar-refractivity contribution in [3.05, 3.63) is 58.5 Å². The van der Waals surface area contributed by atoms with Crippen molar-refractivity contribution in [3.8, 4) is 5.75 Å². The highest BCUT2D eigenvalue weighted by Crippen LogP contribution is 2.40. The lowest BCUT2D eigenvalue weighted by Gasteiger charge is -2.30. The molecule has 6 heteroatoms. The van der Waals surface area contributed by atoms with Crippen molar-refractivity contribution >= 4 is 11.5 Å². The molecule has 164 valence electrons. The molecule has 2 fully saturated rings. The topological polar surface area (TPSA) is 86.4 Å². The molecule has 5 rings (SSSR count). The third-order valence-corrected chi connectivity index (χ3v) is 6.75.